The molecule has 1 heterocycles. The van der Waals surface area contributed by atoms with E-state index in [0.717, 1.165) is 29.4 Å². The van der Waals surface area contributed by atoms with Crippen LogP contribution < -0.4 is 4.74 Å². The van der Waals surface area contributed by atoms with E-state index in [1.165, 1.54) is 19.4 Å². The van der Waals surface area contributed by atoms with E-state index in [4.69, 9.17) is 4.74 Å². The van der Waals surface area contributed by atoms with Crippen LogP contribution >= 0.6 is 15.9 Å². The monoisotopic (exact) mass is 283 g/mol. The van der Waals surface area contributed by atoms with Crippen molar-refractivity contribution in [2.24, 2.45) is 0 Å². The second-order valence-corrected chi connectivity index (χ2v) is 5.25. The minimum Gasteiger partial charge on any atom is -0.492 e. The van der Waals surface area contributed by atoms with Gasteiger partial charge < -0.3 is 4.74 Å². The van der Waals surface area contributed by atoms with Crippen LogP contribution in [-0.4, -0.2) is 30.6 Å². The third-order valence-electron chi connectivity index (χ3n) is 3.13. The smallest absolute Gasteiger partial charge is 0.120 e. The van der Waals surface area contributed by atoms with Gasteiger partial charge in [0.25, 0.3) is 0 Å². The van der Waals surface area contributed by atoms with Crippen LogP contribution in [0.5, 0.6) is 5.75 Å². The molecular weight excluding hydrogens is 266 g/mol. The summed E-state index contributed by atoms with van der Waals surface area (Å²) in [5, 5.41) is 0. The van der Waals surface area contributed by atoms with E-state index in [-0.39, 0.29) is 0 Å². The molecule has 1 aromatic carbocycles. The minimum atomic E-state index is 0.728. The first-order valence-corrected chi connectivity index (χ1v) is 6.67. The summed E-state index contributed by atoms with van der Waals surface area (Å²) < 4.78 is 6.79. The van der Waals surface area contributed by atoms with Gasteiger partial charge in [-0.25, -0.2) is 0 Å². The van der Waals surface area contributed by atoms with Gasteiger partial charge in [0, 0.05) is 17.1 Å². The van der Waals surface area contributed by atoms with Crippen molar-refractivity contribution in [1.29, 1.82) is 0 Å². The Labute approximate surface area is 106 Å². The van der Waals surface area contributed by atoms with Gasteiger partial charge in [-0.3, -0.25) is 4.90 Å². The third kappa shape index (κ3) is 3.22. The largest absolute Gasteiger partial charge is 0.492 e. The van der Waals surface area contributed by atoms with Crippen LogP contribution in [0, 0.1) is 0 Å². The van der Waals surface area contributed by atoms with Gasteiger partial charge in [0.2, 0.25) is 0 Å². The van der Waals surface area contributed by atoms with Gasteiger partial charge in [-0.2, -0.15) is 0 Å². The van der Waals surface area contributed by atoms with Gasteiger partial charge in [0.1, 0.15) is 12.4 Å². The average molecular weight is 284 g/mol. The summed E-state index contributed by atoms with van der Waals surface area (Å²) in [6.45, 7) is 5.34. The molecule has 0 bridgehead atoms. The standard InChI is InChI=1S/C13H18BrNO/c1-11-4-3-7-15(11)8-9-16-13-6-2-5-12(14)10-13/h2,5-6,10-11H,3-4,7-9H2,1H3. The lowest BCUT2D eigenvalue weighted by molar-refractivity contribution is 0.204. The van der Waals surface area contributed by atoms with Crippen molar-refractivity contribution in [3.63, 3.8) is 0 Å². The molecule has 0 aromatic heterocycles. The van der Waals surface area contributed by atoms with Crippen molar-refractivity contribution in [2.45, 2.75) is 25.8 Å². The molecule has 1 unspecified atom stereocenters. The quantitative estimate of drug-likeness (QED) is 0.841. The number of hydrogen-bond donors (Lipinski definition) is 0. The highest BCUT2D eigenvalue weighted by Crippen LogP contribution is 2.19. The summed E-state index contributed by atoms with van der Waals surface area (Å²) in [7, 11) is 0. The van der Waals surface area contributed by atoms with Crippen LogP contribution in [0.1, 0.15) is 19.8 Å². The molecule has 1 saturated heterocycles. The van der Waals surface area contributed by atoms with Crippen LogP contribution in [0.15, 0.2) is 28.7 Å². The number of hydrogen-bond acceptors (Lipinski definition) is 2. The lowest BCUT2D eigenvalue weighted by Gasteiger charge is -2.20. The van der Waals surface area contributed by atoms with Crippen molar-refractivity contribution >= 4 is 15.9 Å². The van der Waals surface area contributed by atoms with Gasteiger partial charge in [0.05, 0.1) is 0 Å². The van der Waals surface area contributed by atoms with Crippen molar-refractivity contribution < 1.29 is 4.74 Å². The first-order chi connectivity index (χ1) is 7.75. The van der Waals surface area contributed by atoms with E-state index in [1.54, 1.807) is 0 Å². The Morgan fingerprint density at radius 1 is 1.50 bits per heavy atom. The summed E-state index contributed by atoms with van der Waals surface area (Å²) in [6, 6.07) is 8.74. The molecule has 1 aliphatic heterocycles. The Bertz CT molecular complexity index is 342. The zero-order valence-corrected chi connectivity index (χ0v) is 11.2. The maximum absolute atomic E-state index is 5.73. The van der Waals surface area contributed by atoms with Crippen molar-refractivity contribution in [3.8, 4) is 5.75 Å². The Morgan fingerprint density at radius 2 is 2.38 bits per heavy atom. The predicted octanol–water partition coefficient (Wildman–Crippen LogP) is 3.31. The van der Waals surface area contributed by atoms with E-state index >= 15 is 0 Å². The second kappa shape index (κ2) is 5.69. The third-order valence-corrected chi connectivity index (χ3v) is 3.63. The highest BCUT2D eigenvalue weighted by molar-refractivity contribution is 9.10. The van der Waals surface area contributed by atoms with Crippen LogP contribution in [0.25, 0.3) is 0 Å². The molecule has 0 spiro atoms. The van der Waals surface area contributed by atoms with E-state index in [0.29, 0.717) is 0 Å². The summed E-state index contributed by atoms with van der Waals surface area (Å²) >= 11 is 3.44. The Hall–Kier alpha value is -0.540. The molecule has 0 amide bonds. The van der Waals surface area contributed by atoms with E-state index in [2.05, 4.69) is 27.8 Å². The van der Waals surface area contributed by atoms with Crippen molar-refractivity contribution in [1.82, 2.24) is 4.90 Å². The SMILES string of the molecule is CC1CCCN1CCOc1cccc(Br)c1. The Kier molecular flexibility index (Phi) is 4.24. The van der Waals surface area contributed by atoms with Crippen molar-refractivity contribution in [3.05, 3.63) is 28.7 Å². The first kappa shape index (κ1) is 11.9. The fraction of sp³-hybridized carbons (Fsp3) is 0.538. The minimum absolute atomic E-state index is 0.728. The van der Waals surface area contributed by atoms with Gasteiger partial charge in [-0.1, -0.05) is 22.0 Å². The van der Waals surface area contributed by atoms with Gasteiger partial charge in [-0.15, -0.1) is 0 Å². The highest BCUT2D eigenvalue weighted by atomic mass is 79.9. The van der Waals surface area contributed by atoms with Crippen molar-refractivity contribution in [2.75, 3.05) is 19.7 Å². The fourth-order valence-corrected chi connectivity index (χ4v) is 2.54. The summed E-state index contributed by atoms with van der Waals surface area (Å²) in [4.78, 5) is 2.50. The molecular formula is C13H18BrNO. The number of ether oxygens (including phenoxy) is 1. The predicted molar refractivity (Wildman–Crippen MR) is 69.9 cm³/mol. The molecule has 1 aliphatic rings. The van der Waals surface area contributed by atoms with Crippen LogP contribution in [0.4, 0.5) is 0 Å². The second-order valence-electron chi connectivity index (χ2n) is 4.33. The molecule has 1 atom stereocenters. The number of halogens is 1. The highest BCUT2D eigenvalue weighted by Gasteiger charge is 2.19. The summed E-state index contributed by atoms with van der Waals surface area (Å²) in [5.41, 5.74) is 0. The molecule has 0 N–H and O–H groups in total. The van der Waals surface area contributed by atoms with E-state index in [9.17, 15) is 0 Å². The zero-order chi connectivity index (χ0) is 11.4. The van der Waals surface area contributed by atoms with Gasteiger partial charge in [0.15, 0.2) is 0 Å². The number of likely N-dealkylation sites (tertiary alicyclic amines) is 1. The van der Waals surface area contributed by atoms with Crippen LogP contribution in [0.3, 0.4) is 0 Å². The number of rotatable bonds is 4. The fourth-order valence-electron chi connectivity index (χ4n) is 2.16. The molecule has 2 nitrogen and oxygen atoms in total. The molecule has 2 rings (SSSR count). The Balaban J connectivity index is 1.75. The number of nitrogens with zero attached hydrogens (tertiary/aromatic N) is 1. The molecule has 16 heavy (non-hydrogen) atoms. The topological polar surface area (TPSA) is 12.5 Å². The maximum atomic E-state index is 5.73. The molecule has 88 valence electrons. The van der Waals surface area contributed by atoms with E-state index in [1.807, 2.05) is 24.3 Å². The molecule has 0 aliphatic carbocycles. The zero-order valence-electron chi connectivity index (χ0n) is 9.66. The lowest BCUT2D eigenvalue weighted by atomic mass is 10.2. The van der Waals surface area contributed by atoms with Crippen LogP contribution in [0.2, 0.25) is 0 Å². The van der Waals surface area contributed by atoms with Gasteiger partial charge in [-0.05, 0) is 44.5 Å². The molecule has 0 radical (unpaired) electrons. The molecule has 1 aromatic rings. The maximum Gasteiger partial charge on any atom is 0.120 e. The normalized spacial score (nSPS) is 21.2. The van der Waals surface area contributed by atoms with Gasteiger partial charge >= 0.3 is 0 Å². The lowest BCUT2D eigenvalue weighted by Crippen LogP contribution is -2.31. The van der Waals surface area contributed by atoms with Crippen LogP contribution in [-0.2, 0) is 0 Å². The number of benzene rings is 1. The summed E-state index contributed by atoms with van der Waals surface area (Å²) in [5.74, 6) is 0.946. The molecule has 1 fully saturated rings. The van der Waals surface area contributed by atoms with E-state index < -0.39 is 0 Å². The summed E-state index contributed by atoms with van der Waals surface area (Å²) in [6.07, 6.45) is 2.66. The average Bonchev–Trinajstić information content (AvgIpc) is 2.65. The molecule has 3 heteroatoms. The molecule has 0 saturated carbocycles. The first-order valence-electron chi connectivity index (χ1n) is 5.88. The Morgan fingerprint density at radius 3 is 3.06 bits per heavy atom.